The lowest BCUT2D eigenvalue weighted by Crippen LogP contribution is -2.39. The summed E-state index contributed by atoms with van der Waals surface area (Å²) < 4.78 is 0.862. The first-order valence-electron chi connectivity index (χ1n) is 6.24. The molecule has 0 amide bonds. The quantitative estimate of drug-likeness (QED) is 0.377. The van der Waals surface area contributed by atoms with E-state index in [9.17, 15) is 10.3 Å². The molecule has 1 aromatic carbocycles. The van der Waals surface area contributed by atoms with Crippen molar-refractivity contribution < 1.29 is 9.85 Å². The fourth-order valence-corrected chi connectivity index (χ4v) is 2.41. The molecule has 1 saturated carbocycles. The summed E-state index contributed by atoms with van der Waals surface area (Å²) in [5, 5.41) is 22.0. The number of rotatable bonds is 3. The lowest BCUT2D eigenvalue weighted by molar-refractivity contribution is -0.476. The summed E-state index contributed by atoms with van der Waals surface area (Å²) in [4.78, 5) is 0. The maximum Gasteiger partial charge on any atom is 0.181 e. The molecule has 0 aromatic heterocycles. The van der Waals surface area contributed by atoms with Gasteiger partial charge in [0.25, 0.3) is 0 Å². The Morgan fingerprint density at radius 3 is 2.47 bits per heavy atom. The zero-order valence-electron chi connectivity index (χ0n) is 10.0. The van der Waals surface area contributed by atoms with Crippen LogP contribution in [-0.4, -0.2) is 28.2 Å². The molecule has 0 saturated heterocycles. The summed E-state index contributed by atoms with van der Waals surface area (Å²) in [6, 6.07) is 9.48. The third-order valence-corrected chi connectivity index (χ3v) is 3.33. The molecule has 0 aliphatic heterocycles. The Labute approximate surface area is 102 Å². The van der Waals surface area contributed by atoms with E-state index in [0.29, 0.717) is 0 Å². The Balaban J connectivity index is 2.01. The zero-order chi connectivity index (χ0) is 12.1. The van der Waals surface area contributed by atoms with Gasteiger partial charge in [0.15, 0.2) is 12.8 Å². The van der Waals surface area contributed by atoms with E-state index in [1.54, 1.807) is 6.21 Å². The highest BCUT2D eigenvalue weighted by Gasteiger charge is 2.32. The van der Waals surface area contributed by atoms with E-state index in [-0.39, 0.29) is 6.54 Å². The number of hydrogen-bond acceptors (Lipinski definition) is 2. The highest BCUT2D eigenvalue weighted by molar-refractivity contribution is 5.75. The number of nitrogens with zero attached hydrogens (tertiary/aromatic N) is 1. The van der Waals surface area contributed by atoms with Crippen LogP contribution in [0, 0.1) is 5.21 Å². The molecule has 3 heteroatoms. The van der Waals surface area contributed by atoms with E-state index in [4.69, 9.17) is 0 Å². The molecule has 0 spiro atoms. The van der Waals surface area contributed by atoms with Gasteiger partial charge in [0, 0.05) is 5.56 Å². The Hall–Kier alpha value is -1.35. The van der Waals surface area contributed by atoms with Crippen molar-refractivity contribution in [3.8, 4) is 0 Å². The van der Waals surface area contributed by atoms with Crippen LogP contribution in [0.15, 0.2) is 30.3 Å². The van der Waals surface area contributed by atoms with E-state index in [2.05, 4.69) is 0 Å². The predicted molar refractivity (Wildman–Crippen MR) is 68.1 cm³/mol. The smallest absolute Gasteiger partial charge is 0.181 e. The van der Waals surface area contributed by atoms with Crippen LogP contribution in [0.2, 0.25) is 0 Å². The molecule has 0 radical (unpaired) electrons. The molecule has 0 bridgehead atoms. The average molecular weight is 233 g/mol. The van der Waals surface area contributed by atoms with Crippen molar-refractivity contribution in [3.05, 3.63) is 41.1 Å². The van der Waals surface area contributed by atoms with Gasteiger partial charge in [-0.1, -0.05) is 37.5 Å². The molecule has 0 unspecified atom stereocenters. The second-order valence-corrected chi connectivity index (χ2v) is 4.90. The molecule has 1 N–H and O–H groups in total. The number of benzene rings is 1. The van der Waals surface area contributed by atoms with Crippen molar-refractivity contribution in [2.75, 3.05) is 6.54 Å². The molecule has 3 nitrogen and oxygen atoms in total. The minimum Gasteiger partial charge on any atom is -0.624 e. The largest absolute Gasteiger partial charge is 0.624 e. The molecule has 2 rings (SSSR count). The summed E-state index contributed by atoms with van der Waals surface area (Å²) in [6.45, 7) is 0.182. The Kier molecular flexibility index (Phi) is 3.79. The van der Waals surface area contributed by atoms with Crippen LogP contribution in [0.1, 0.15) is 37.7 Å². The normalized spacial score (nSPS) is 20.2. The zero-order valence-corrected chi connectivity index (χ0v) is 10.0. The molecule has 1 aromatic rings. The Morgan fingerprint density at radius 1 is 1.18 bits per heavy atom. The van der Waals surface area contributed by atoms with Gasteiger partial charge >= 0.3 is 0 Å². The standard InChI is InChI=1S/C14H19NO2/c16-14(9-5-2-6-10-14)12-15(17)11-13-7-3-1-4-8-13/h1,3-4,7-8,11,16H,2,5-6,9-10,12H2/b15-11-. The Bertz CT molecular complexity index is 380. The van der Waals surface area contributed by atoms with Gasteiger partial charge in [-0.15, -0.1) is 0 Å². The SMILES string of the molecule is [O-]/[N+](=C\c1ccccc1)CC1(O)CCCCC1. The number of hydroxylamine groups is 1. The van der Waals surface area contributed by atoms with Crippen LogP contribution >= 0.6 is 0 Å². The summed E-state index contributed by atoms with van der Waals surface area (Å²) in [5.74, 6) is 0. The molecule has 0 atom stereocenters. The monoisotopic (exact) mass is 233 g/mol. The van der Waals surface area contributed by atoms with Crippen LogP contribution in [0.4, 0.5) is 0 Å². The summed E-state index contributed by atoms with van der Waals surface area (Å²) >= 11 is 0. The topological polar surface area (TPSA) is 46.3 Å². The molecule has 17 heavy (non-hydrogen) atoms. The third kappa shape index (κ3) is 3.56. The first kappa shape index (κ1) is 12.1. The first-order valence-corrected chi connectivity index (χ1v) is 6.24. The van der Waals surface area contributed by atoms with Gasteiger partial charge in [-0.25, -0.2) is 4.74 Å². The van der Waals surface area contributed by atoms with Gasteiger partial charge < -0.3 is 10.3 Å². The first-order chi connectivity index (χ1) is 8.18. The lowest BCUT2D eigenvalue weighted by Gasteiger charge is -2.30. The van der Waals surface area contributed by atoms with E-state index in [0.717, 1.165) is 36.0 Å². The van der Waals surface area contributed by atoms with Gasteiger partial charge in [0.1, 0.15) is 5.60 Å². The fourth-order valence-electron chi connectivity index (χ4n) is 2.41. The van der Waals surface area contributed by atoms with Crippen LogP contribution in [0.5, 0.6) is 0 Å². The molecular weight excluding hydrogens is 214 g/mol. The van der Waals surface area contributed by atoms with E-state index < -0.39 is 5.60 Å². The number of aliphatic hydroxyl groups is 1. The summed E-state index contributed by atoms with van der Waals surface area (Å²) in [7, 11) is 0. The molecule has 1 aliphatic rings. The van der Waals surface area contributed by atoms with Crippen molar-refractivity contribution in [1.29, 1.82) is 0 Å². The van der Waals surface area contributed by atoms with Gasteiger partial charge in [-0.05, 0) is 25.0 Å². The van der Waals surface area contributed by atoms with Crippen LogP contribution in [0.25, 0.3) is 0 Å². The molecular formula is C14H19NO2. The Morgan fingerprint density at radius 2 is 1.82 bits per heavy atom. The van der Waals surface area contributed by atoms with E-state index >= 15 is 0 Å². The molecule has 1 fully saturated rings. The van der Waals surface area contributed by atoms with Gasteiger partial charge in [0.05, 0.1) is 0 Å². The van der Waals surface area contributed by atoms with E-state index in [1.165, 1.54) is 6.42 Å². The summed E-state index contributed by atoms with van der Waals surface area (Å²) in [5.41, 5.74) is 0.0903. The van der Waals surface area contributed by atoms with Crippen LogP contribution < -0.4 is 0 Å². The second kappa shape index (κ2) is 5.32. The van der Waals surface area contributed by atoms with Gasteiger partial charge in [0.2, 0.25) is 0 Å². The fraction of sp³-hybridized carbons (Fsp3) is 0.500. The molecule has 92 valence electrons. The third-order valence-electron chi connectivity index (χ3n) is 3.33. The van der Waals surface area contributed by atoms with Crippen LogP contribution in [0.3, 0.4) is 0 Å². The second-order valence-electron chi connectivity index (χ2n) is 4.90. The van der Waals surface area contributed by atoms with Crippen LogP contribution in [-0.2, 0) is 0 Å². The highest BCUT2D eigenvalue weighted by atomic mass is 16.5. The van der Waals surface area contributed by atoms with Crippen molar-refractivity contribution in [2.24, 2.45) is 0 Å². The van der Waals surface area contributed by atoms with Gasteiger partial charge in [-0.3, -0.25) is 0 Å². The van der Waals surface area contributed by atoms with E-state index in [1.807, 2.05) is 30.3 Å². The van der Waals surface area contributed by atoms with Crippen molar-refractivity contribution in [3.63, 3.8) is 0 Å². The minimum atomic E-state index is -0.786. The predicted octanol–water partition coefficient (Wildman–Crippen LogP) is 2.31. The maximum atomic E-state index is 11.8. The van der Waals surface area contributed by atoms with Crippen molar-refractivity contribution in [1.82, 2.24) is 0 Å². The van der Waals surface area contributed by atoms with Crippen molar-refractivity contribution >= 4 is 6.21 Å². The maximum absolute atomic E-state index is 11.8. The molecule has 1 aliphatic carbocycles. The number of hydrogen-bond donors (Lipinski definition) is 1. The lowest BCUT2D eigenvalue weighted by atomic mass is 9.85. The van der Waals surface area contributed by atoms with Gasteiger partial charge in [-0.2, -0.15) is 0 Å². The highest BCUT2D eigenvalue weighted by Crippen LogP contribution is 2.27. The summed E-state index contributed by atoms with van der Waals surface area (Å²) in [6.07, 6.45) is 6.25. The van der Waals surface area contributed by atoms with Crippen molar-refractivity contribution in [2.45, 2.75) is 37.7 Å². The minimum absolute atomic E-state index is 0.182. The molecule has 0 heterocycles. The average Bonchev–Trinajstić information content (AvgIpc) is 2.30.